The van der Waals surface area contributed by atoms with Crippen molar-refractivity contribution in [1.29, 1.82) is 0 Å². The molecule has 1 amide bonds. The van der Waals surface area contributed by atoms with E-state index in [0.717, 1.165) is 11.1 Å². The highest BCUT2D eigenvalue weighted by atomic mass is 16.5. The normalized spacial score (nSPS) is 11.4. The standard InChI is InChI=1S/C30H31N3O6/c1-6-20-11-13-21(14-12-20)18-39-29(36)22-15-16-25(26(17-22)38-5)32-33-27(19(2)34)28(35)31-24-10-8-7-9-23(24)30(3,4)37/h6-17,32,37H,1,18H2,2-5H3,(H,31,35)/b33-27+. The van der Waals surface area contributed by atoms with Gasteiger partial charge in [0.15, 0.2) is 11.5 Å². The van der Waals surface area contributed by atoms with E-state index in [9.17, 15) is 19.5 Å². The highest BCUT2D eigenvalue weighted by Gasteiger charge is 2.23. The van der Waals surface area contributed by atoms with E-state index in [1.54, 1.807) is 44.2 Å². The molecule has 0 aliphatic carbocycles. The number of ketones is 1. The van der Waals surface area contributed by atoms with E-state index in [4.69, 9.17) is 9.47 Å². The van der Waals surface area contributed by atoms with Crippen LogP contribution in [-0.4, -0.2) is 35.6 Å². The van der Waals surface area contributed by atoms with E-state index in [2.05, 4.69) is 22.4 Å². The summed E-state index contributed by atoms with van der Waals surface area (Å²) in [5.41, 5.74) is 4.23. The van der Waals surface area contributed by atoms with Crippen LogP contribution in [0, 0.1) is 0 Å². The smallest absolute Gasteiger partial charge is 0.338 e. The fourth-order valence-electron chi connectivity index (χ4n) is 3.61. The van der Waals surface area contributed by atoms with Gasteiger partial charge in [-0.1, -0.05) is 55.1 Å². The fourth-order valence-corrected chi connectivity index (χ4v) is 3.61. The van der Waals surface area contributed by atoms with Crippen molar-refractivity contribution in [3.8, 4) is 5.75 Å². The number of esters is 1. The molecule has 0 atom stereocenters. The Morgan fingerprint density at radius 3 is 2.33 bits per heavy atom. The van der Waals surface area contributed by atoms with E-state index < -0.39 is 29.0 Å². The van der Waals surface area contributed by atoms with Crippen molar-refractivity contribution in [2.75, 3.05) is 17.9 Å². The molecule has 0 spiro atoms. The number of aliphatic hydroxyl groups is 1. The third-order valence-corrected chi connectivity index (χ3v) is 5.69. The van der Waals surface area contributed by atoms with Gasteiger partial charge in [0.1, 0.15) is 12.4 Å². The van der Waals surface area contributed by atoms with Crippen molar-refractivity contribution in [1.82, 2.24) is 0 Å². The number of hydrazone groups is 1. The molecule has 39 heavy (non-hydrogen) atoms. The Morgan fingerprint density at radius 1 is 1.03 bits per heavy atom. The molecule has 0 aliphatic heterocycles. The first-order valence-corrected chi connectivity index (χ1v) is 12.1. The summed E-state index contributed by atoms with van der Waals surface area (Å²) in [6, 6.07) is 18.7. The fraction of sp³-hybridized carbons (Fsp3) is 0.200. The van der Waals surface area contributed by atoms with Gasteiger partial charge >= 0.3 is 5.97 Å². The number of nitrogens with one attached hydrogen (secondary N) is 2. The van der Waals surface area contributed by atoms with Crippen molar-refractivity contribution >= 4 is 40.8 Å². The van der Waals surface area contributed by atoms with Crippen LogP contribution >= 0.6 is 0 Å². The Bertz CT molecular complexity index is 1400. The van der Waals surface area contributed by atoms with Gasteiger partial charge in [-0.2, -0.15) is 5.10 Å². The monoisotopic (exact) mass is 529 g/mol. The van der Waals surface area contributed by atoms with Crippen LogP contribution in [0.4, 0.5) is 11.4 Å². The van der Waals surface area contributed by atoms with Crippen LogP contribution in [0.15, 0.2) is 78.4 Å². The Kier molecular flexibility index (Phi) is 9.35. The second-order valence-corrected chi connectivity index (χ2v) is 9.12. The van der Waals surface area contributed by atoms with Gasteiger partial charge in [0, 0.05) is 18.2 Å². The zero-order chi connectivity index (χ0) is 28.6. The van der Waals surface area contributed by atoms with Crippen molar-refractivity contribution in [3.63, 3.8) is 0 Å². The Balaban J connectivity index is 1.74. The zero-order valence-electron chi connectivity index (χ0n) is 22.3. The number of benzene rings is 3. The molecular weight excluding hydrogens is 498 g/mol. The molecule has 3 N–H and O–H groups in total. The molecule has 0 aliphatic rings. The summed E-state index contributed by atoms with van der Waals surface area (Å²) in [6.07, 6.45) is 1.73. The Labute approximate surface area is 227 Å². The molecule has 9 nitrogen and oxygen atoms in total. The molecule has 0 fully saturated rings. The zero-order valence-corrected chi connectivity index (χ0v) is 22.3. The van der Waals surface area contributed by atoms with Crippen LogP contribution < -0.4 is 15.5 Å². The molecule has 0 bridgehead atoms. The highest BCUT2D eigenvalue weighted by molar-refractivity contribution is 6.67. The van der Waals surface area contributed by atoms with Gasteiger partial charge in [-0.3, -0.25) is 15.0 Å². The molecule has 3 rings (SSSR count). The van der Waals surface area contributed by atoms with Crippen molar-refractivity contribution in [3.05, 3.63) is 95.6 Å². The summed E-state index contributed by atoms with van der Waals surface area (Å²) >= 11 is 0. The minimum Gasteiger partial charge on any atom is -0.494 e. The topological polar surface area (TPSA) is 126 Å². The van der Waals surface area contributed by atoms with Gasteiger partial charge in [-0.25, -0.2) is 4.79 Å². The largest absolute Gasteiger partial charge is 0.494 e. The summed E-state index contributed by atoms with van der Waals surface area (Å²) in [5, 5.41) is 17.0. The van der Waals surface area contributed by atoms with Gasteiger partial charge in [0.25, 0.3) is 5.91 Å². The van der Waals surface area contributed by atoms with Crippen molar-refractivity contribution in [2.45, 2.75) is 33.0 Å². The number of ether oxygens (including phenoxy) is 2. The first-order chi connectivity index (χ1) is 18.5. The van der Waals surface area contributed by atoms with Gasteiger partial charge < -0.3 is 19.9 Å². The number of Topliss-reactive ketones (excluding diaryl/α,β-unsaturated/α-hetero) is 1. The number of hydrogen-bond acceptors (Lipinski definition) is 8. The van der Waals surface area contributed by atoms with Crippen molar-refractivity contribution in [2.24, 2.45) is 5.10 Å². The Hall–Kier alpha value is -4.76. The molecule has 9 heteroatoms. The SMILES string of the molecule is C=Cc1ccc(COC(=O)c2ccc(N/N=C(\C(C)=O)C(=O)Nc3ccccc3C(C)(C)O)c(OC)c2)cc1. The van der Waals surface area contributed by atoms with Gasteiger partial charge in [0.2, 0.25) is 0 Å². The molecule has 0 unspecified atom stereocenters. The van der Waals surface area contributed by atoms with E-state index >= 15 is 0 Å². The molecule has 0 saturated carbocycles. The third-order valence-electron chi connectivity index (χ3n) is 5.69. The van der Waals surface area contributed by atoms with Gasteiger partial charge in [-0.05, 0) is 49.2 Å². The predicted octanol–water partition coefficient (Wildman–Crippen LogP) is 4.92. The average molecular weight is 530 g/mol. The number of carbonyl (C=O) groups excluding carboxylic acids is 3. The lowest BCUT2D eigenvalue weighted by atomic mass is 9.96. The van der Waals surface area contributed by atoms with Crippen LogP contribution in [0.2, 0.25) is 0 Å². The number of anilines is 2. The maximum Gasteiger partial charge on any atom is 0.338 e. The summed E-state index contributed by atoms with van der Waals surface area (Å²) < 4.78 is 10.8. The Morgan fingerprint density at radius 2 is 1.72 bits per heavy atom. The minimum absolute atomic E-state index is 0.0938. The number of carbonyl (C=O) groups is 3. The molecule has 3 aromatic rings. The van der Waals surface area contributed by atoms with Crippen LogP contribution in [-0.2, 0) is 26.5 Å². The molecular formula is C30H31N3O6. The summed E-state index contributed by atoms with van der Waals surface area (Å²) in [4.78, 5) is 37.7. The molecule has 0 radical (unpaired) electrons. The molecule has 202 valence electrons. The first kappa shape index (κ1) is 28.8. The van der Waals surface area contributed by atoms with E-state index in [1.165, 1.54) is 32.2 Å². The first-order valence-electron chi connectivity index (χ1n) is 12.1. The number of para-hydroxylation sites is 1. The highest BCUT2D eigenvalue weighted by Crippen LogP contribution is 2.28. The number of nitrogens with zero attached hydrogens (tertiary/aromatic N) is 1. The van der Waals surface area contributed by atoms with Crippen LogP contribution in [0.5, 0.6) is 5.75 Å². The lowest BCUT2D eigenvalue weighted by Crippen LogP contribution is -2.31. The maximum atomic E-state index is 12.9. The summed E-state index contributed by atoms with van der Waals surface area (Å²) in [6.45, 7) is 8.19. The van der Waals surface area contributed by atoms with E-state index in [0.29, 0.717) is 16.9 Å². The van der Waals surface area contributed by atoms with Gasteiger partial charge in [-0.15, -0.1) is 0 Å². The number of rotatable bonds is 11. The lowest BCUT2D eigenvalue weighted by Gasteiger charge is -2.21. The van der Waals surface area contributed by atoms with Crippen LogP contribution in [0.25, 0.3) is 6.08 Å². The lowest BCUT2D eigenvalue weighted by molar-refractivity contribution is -0.114. The molecule has 3 aromatic carbocycles. The number of hydrogen-bond donors (Lipinski definition) is 3. The van der Waals surface area contributed by atoms with Crippen molar-refractivity contribution < 1.29 is 29.0 Å². The molecule has 0 heterocycles. The summed E-state index contributed by atoms with van der Waals surface area (Å²) in [5.74, 6) is -1.64. The quantitative estimate of drug-likeness (QED) is 0.139. The second-order valence-electron chi connectivity index (χ2n) is 9.12. The van der Waals surface area contributed by atoms with Crippen LogP contribution in [0.3, 0.4) is 0 Å². The third kappa shape index (κ3) is 7.62. The molecule has 0 saturated heterocycles. The average Bonchev–Trinajstić information content (AvgIpc) is 2.91. The molecule has 0 aromatic heterocycles. The maximum absolute atomic E-state index is 12.9. The predicted molar refractivity (Wildman–Crippen MR) is 151 cm³/mol. The minimum atomic E-state index is -1.22. The van der Waals surface area contributed by atoms with E-state index in [-0.39, 0.29) is 17.9 Å². The van der Waals surface area contributed by atoms with Crippen LogP contribution in [0.1, 0.15) is 47.8 Å². The second kappa shape index (κ2) is 12.7. The van der Waals surface area contributed by atoms with Gasteiger partial charge in [0.05, 0.1) is 24.0 Å². The summed E-state index contributed by atoms with van der Waals surface area (Å²) in [7, 11) is 1.41. The number of amides is 1. The van der Waals surface area contributed by atoms with E-state index in [1.807, 2.05) is 24.3 Å². The number of methoxy groups -OCH3 is 1.